The monoisotopic (exact) mass is 1360 g/mol. The summed E-state index contributed by atoms with van der Waals surface area (Å²) in [6.45, 7) is -1.17. The van der Waals surface area contributed by atoms with Crippen molar-refractivity contribution < 1.29 is 95.2 Å². The van der Waals surface area contributed by atoms with E-state index in [1.165, 1.54) is 24.3 Å². The van der Waals surface area contributed by atoms with Crippen molar-refractivity contribution >= 4 is 88.1 Å². The van der Waals surface area contributed by atoms with Crippen LogP contribution < -0.4 is 16.0 Å². The molecule has 4 fully saturated rings. The van der Waals surface area contributed by atoms with Crippen LogP contribution in [0.1, 0.15) is 69.6 Å². The first kappa shape index (κ1) is 69.2. The van der Waals surface area contributed by atoms with Gasteiger partial charge in [-0.2, -0.15) is 12.9 Å². The van der Waals surface area contributed by atoms with Crippen molar-refractivity contribution in [3.05, 3.63) is 177 Å². The summed E-state index contributed by atoms with van der Waals surface area (Å²) >= 11 is 11.4. The zero-order valence-electron chi connectivity index (χ0n) is 46.7. The number of fused-ring (bicyclic) bond motifs is 1. The Morgan fingerprint density at radius 1 is 0.422 bits per heavy atom. The molecule has 3 amide bonds. The van der Waals surface area contributed by atoms with Crippen molar-refractivity contribution in [2.75, 3.05) is 55.2 Å². The number of nitrogens with one attached hydrogen (secondary N) is 3. The Morgan fingerprint density at radius 2 is 0.800 bits per heavy atom. The fraction of sp³-hybridized carbons (Fsp3) is 0.328. The Hall–Kier alpha value is -6.68. The molecular formula is C58H56Cl2F8N6O13S3. The second kappa shape index (κ2) is 28.9. The second-order valence-corrected chi connectivity index (χ2v) is 28.0. The van der Waals surface area contributed by atoms with Crippen molar-refractivity contribution in [2.24, 2.45) is 11.8 Å². The molecule has 6 aromatic rings. The summed E-state index contributed by atoms with van der Waals surface area (Å²) in [7, 11) is -13.2. The Labute approximate surface area is 521 Å². The molecule has 7 N–H and O–H groups in total. The van der Waals surface area contributed by atoms with Gasteiger partial charge in [-0.25, -0.2) is 60.4 Å². The van der Waals surface area contributed by atoms with Gasteiger partial charge in [-0.15, -0.1) is 0 Å². The van der Waals surface area contributed by atoms with E-state index >= 15 is 0 Å². The van der Waals surface area contributed by atoms with Gasteiger partial charge in [-0.3, -0.25) is 14.4 Å². The summed E-state index contributed by atoms with van der Waals surface area (Å²) in [5, 5.41) is 46.4. The third-order valence-electron chi connectivity index (χ3n) is 14.8. The lowest BCUT2D eigenvalue weighted by atomic mass is 10.1. The van der Waals surface area contributed by atoms with Crippen LogP contribution in [0, 0.1) is 52.6 Å². The molecule has 0 aromatic heterocycles. The highest BCUT2D eigenvalue weighted by atomic mass is 35.5. The van der Waals surface area contributed by atoms with Gasteiger partial charge in [0, 0.05) is 79.1 Å². The summed E-state index contributed by atoms with van der Waals surface area (Å²) in [6, 6.07) is 18.1. The number of β-amino-alcohol motifs (C(OH)–C–C–N with tert-alkyl or cyclic N) is 4. The molecule has 6 aromatic carbocycles. The van der Waals surface area contributed by atoms with Crippen molar-refractivity contribution in [1.29, 1.82) is 0 Å². The van der Waals surface area contributed by atoms with Crippen LogP contribution in [0.4, 0.5) is 52.2 Å². The Kier molecular flexibility index (Phi) is 22.2. The number of sulfonamides is 3. The fourth-order valence-corrected chi connectivity index (χ4v) is 15.1. The summed E-state index contributed by atoms with van der Waals surface area (Å²) < 4.78 is 190. The molecule has 0 bridgehead atoms. The van der Waals surface area contributed by atoms with Gasteiger partial charge >= 0.3 is 0 Å². The number of carbonyl (C=O) groups is 3. The standard InChI is InChI=1S/C20H19ClF2N2O4S.C19H19ClF2N2O5S.C19H18F4N2O4S/c21-16-8-14(2-4-17(16)22)24-20(27)11-1-3-18(23)19(7-11)30(28,29)25-9-13-5-12(13)6-15(26)10-25;20-15-8-12(2-6-16(15)21)23-19(27)11-1-5-17(22)18(7-11)30(28,29)24-9-13(25)3-4-14(26)10-24;20-13-6-4-12(9-16(13)23)24-19(27)11-3-5-15(22)18(8-11)30(28,29)25-7-1-2-14(21)17(26)10-25/h1-4,7-8,12-13,15,26H,5-6,9-10H2,(H,24,27);1-2,5-8,13-14,25-26H,3-4,9-10H2,(H,23,27);3-6,8-9,14,17,26H,1-2,7,10H2,(H,24,27)/t;13-,14+;14?,17-/m..1/s1. The van der Waals surface area contributed by atoms with Crippen LogP contribution in [0.5, 0.6) is 0 Å². The van der Waals surface area contributed by atoms with E-state index in [0.717, 1.165) is 104 Å². The molecule has 90 heavy (non-hydrogen) atoms. The van der Waals surface area contributed by atoms with Gasteiger partial charge in [0.2, 0.25) is 30.1 Å². The lowest BCUT2D eigenvalue weighted by molar-refractivity contribution is 0.0710. The van der Waals surface area contributed by atoms with Gasteiger partial charge in [0.1, 0.15) is 49.9 Å². The minimum atomic E-state index is -4.47. The lowest BCUT2D eigenvalue weighted by Crippen LogP contribution is -2.39. The van der Waals surface area contributed by atoms with E-state index in [1.807, 2.05) is 0 Å². The molecule has 0 radical (unpaired) electrons. The van der Waals surface area contributed by atoms with Crippen molar-refractivity contribution in [3.63, 3.8) is 0 Å². The number of aliphatic hydroxyl groups is 4. The number of nitrogens with zero attached hydrogens (tertiary/aromatic N) is 3. The first-order valence-corrected chi connectivity index (χ1v) is 32.4. The van der Waals surface area contributed by atoms with Crippen LogP contribution in [-0.4, -0.2) is 146 Å². The zero-order valence-corrected chi connectivity index (χ0v) is 50.7. The van der Waals surface area contributed by atoms with E-state index in [-0.39, 0.29) is 108 Å². The molecule has 32 heteroatoms. The summed E-state index contributed by atoms with van der Waals surface area (Å²) in [6.07, 6.45) is -4.08. The quantitative estimate of drug-likeness (QED) is 0.0567. The molecule has 1 aliphatic carbocycles. The third kappa shape index (κ3) is 16.9. The Morgan fingerprint density at radius 3 is 1.22 bits per heavy atom. The first-order chi connectivity index (χ1) is 42.3. The average Bonchev–Trinajstić information content (AvgIpc) is 1.38. The average molecular weight is 1360 g/mol. The minimum Gasteiger partial charge on any atom is -0.392 e. The Balaban J connectivity index is 0.000000174. The number of hydrogen-bond donors (Lipinski definition) is 7. The van der Waals surface area contributed by atoms with Crippen molar-refractivity contribution in [2.45, 2.75) is 83.8 Å². The Bertz CT molecular complexity index is 3890. The molecule has 4 aliphatic rings. The number of benzene rings is 6. The van der Waals surface area contributed by atoms with E-state index in [2.05, 4.69) is 16.0 Å². The summed E-state index contributed by atoms with van der Waals surface area (Å²) in [5.74, 6) is -8.70. The van der Waals surface area contributed by atoms with E-state index in [9.17, 15) is 95.2 Å². The van der Waals surface area contributed by atoms with E-state index < -0.39 is 140 Å². The fourth-order valence-electron chi connectivity index (χ4n) is 9.89. The maximum atomic E-state index is 14.5. The molecule has 19 nitrogen and oxygen atoms in total. The molecule has 1 saturated carbocycles. The number of amides is 3. The predicted octanol–water partition coefficient (Wildman–Crippen LogP) is 8.48. The highest BCUT2D eigenvalue weighted by molar-refractivity contribution is 7.89. The number of anilines is 3. The first-order valence-electron chi connectivity index (χ1n) is 27.4. The highest BCUT2D eigenvalue weighted by Gasteiger charge is 2.46. The second-order valence-electron chi connectivity index (χ2n) is 21.4. The third-order valence-corrected chi connectivity index (χ3v) is 21.0. The highest BCUT2D eigenvalue weighted by Crippen LogP contribution is 2.45. The van der Waals surface area contributed by atoms with E-state index in [1.54, 1.807) is 0 Å². The van der Waals surface area contributed by atoms with Crippen LogP contribution in [0.2, 0.25) is 10.0 Å². The normalized spacial score (nSPS) is 21.7. The van der Waals surface area contributed by atoms with Crippen molar-refractivity contribution in [1.82, 2.24) is 12.9 Å². The maximum absolute atomic E-state index is 14.5. The number of aliphatic hydroxyl groups excluding tert-OH is 4. The predicted molar refractivity (Wildman–Crippen MR) is 312 cm³/mol. The van der Waals surface area contributed by atoms with Crippen LogP contribution in [0.25, 0.3) is 0 Å². The summed E-state index contributed by atoms with van der Waals surface area (Å²) in [4.78, 5) is 35.2. The van der Waals surface area contributed by atoms with Gasteiger partial charge in [-0.1, -0.05) is 23.2 Å². The van der Waals surface area contributed by atoms with Crippen molar-refractivity contribution in [3.8, 4) is 0 Å². The smallest absolute Gasteiger partial charge is 0.255 e. The van der Waals surface area contributed by atoms with Gasteiger partial charge in [0.25, 0.3) is 17.7 Å². The largest absolute Gasteiger partial charge is 0.392 e. The molecule has 3 aliphatic heterocycles. The maximum Gasteiger partial charge on any atom is 0.255 e. The molecular weight excluding hydrogens is 1310 g/mol. The van der Waals surface area contributed by atoms with E-state index in [4.69, 9.17) is 23.2 Å². The summed E-state index contributed by atoms with van der Waals surface area (Å²) in [5.41, 5.74) is -0.216. The minimum absolute atomic E-state index is 0.0354. The molecule has 3 heterocycles. The van der Waals surface area contributed by atoms with Crippen LogP contribution in [0.15, 0.2) is 124 Å². The molecule has 484 valence electrons. The van der Waals surface area contributed by atoms with Crippen LogP contribution in [0.3, 0.4) is 0 Å². The molecule has 3 saturated heterocycles. The lowest BCUT2D eigenvalue weighted by Gasteiger charge is -2.23. The number of carbonyl (C=O) groups excluding carboxylic acids is 3. The van der Waals surface area contributed by atoms with Gasteiger partial charge in [0.15, 0.2) is 11.6 Å². The molecule has 4 unspecified atom stereocenters. The number of rotatable bonds is 12. The number of halogens is 10. The van der Waals surface area contributed by atoms with E-state index in [0.29, 0.717) is 12.3 Å². The van der Waals surface area contributed by atoms with Gasteiger partial charge in [-0.05, 0) is 153 Å². The van der Waals surface area contributed by atoms with Gasteiger partial charge in [0.05, 0.1) is 34.5 Å². The SMILES string of the molecule is O=C(Nc1ccc(F)c(Cl)c1)c1ccc(F)c(S(=O)(=O)N2CC(O)CC3CC3C2)c1.O=C(Nc1ccc(F)c(Cl)c1)c1ccc(F)c(S(=O)(=O)N2C[C@H](O)CC[C@H](O)C2)c1.O=C(Nc1ccc(F)c(F)c1)c1ccc(F)c(S(=O)(=O)N2CCCC(F)[C@H](O)C2)c1. The zero-order chi connectivity index (χ0) is 65.7. The van der Waals surface area contributed by atoms with Crippen LogP contribution in [-0.2, 0) is 30.1 Å². The molecule has 10 rings (SSSR count). The van der Waals surface area contributed by atoms with Gasteiger partial charge < -0.3 is 36.4 Å². The molecule has 7 atom stereocenters. The van der Waals surface area contributed by atoms with Crippen LogP contribution >= 0.6 is 23.2 Å². The topological polar surface area (TPSA) is 280 Å². The number of alkyl halides is 1. The number of hydrogen-bond acceptors (Lipinski definition) is 13. The molecule has 0 spiro atoms.